The van der Waals surface area contributed by atoms with Crippen molar-refractivity contribution in [3.63, 3.8) is 0 Å². The van der Waals surface area contributed by atoms with Crippen molar-refractivity contribution in [2.24, 2.45) is 0 Å². The predicted molar refractivity (Wildman–Crippen MR) is 153 cm³/mol. The fourth-order valence-corrected chi connectivity index (χ4v) is 4.70. The maximum Gasteiger partial charge on any atom is 0.335 e. The number of carbonyl (C=O) groups excluding carboxylic acids is 1. The zero-order valence-corrected chi connectivity index (χ0v) is 21.8. The monoisotopic (exact) mass is 516 g/mol. The summed E-state index contributed by atoms with van der Waals surface area (Å²) in [5.41, 5.74) is 5.26. The zero-order valence-electron chi connectivity index (χ0n) is 21.8. The van der Waals surface area contributed by atoms with E-state index in [9.17, 15) is 14.7 Å². The number of anilines is 1. The van der Waals surface area contributed by atoms with E-state index in [0.717, 1.165) is 33.6 Å². The van der Waals surface area contributed by atoms with Crippen molar-refractivity contribution < 1.29 is 19.4 Å². The number of hydrogen-bond acceptors (Lipinski definition) is 4. The Bertz CT molecular complexity index is 1650. The average molecular weight is 517 g/mol. The van der Waals surface area contributed by atoms with E-state index in [-0.39, 0.29) is 17.9 Å². The van der Waals surface area contributed by atoms with Crippen molar-refractivity contribution in [3.8, 4) is 16.9 Å². The summed E-state index contributed by atoms with van der Waals surface area (Å²) in [4.78, 5) is 31.5. The second-order valence-electron chi connectivity index (χ2n) is 9.40. The van der Waals surface area contributed by atoms with Gasteiger partial charge in [0.15, 0.2) is 0 Å². The molecule has 0 saturated heterocycles. The van der Waals surface area contributed by atoms with Crippen LogP contribution >= 0.6 is 0 Å². The van der Waals surface area contributed by atoms with E-state index >= 15 is 0 Å². The molecule has 0 bridgehead atoms. The lowest BCUT2D eigenvalue weighted by atomic mass is 10.0. The Hall–Kier alpha value is -4.97. The summed E-state index contributed by atoms with van der Waals surface area (Å²) in [7, 11) is 1.66. The lowest BCUT2D eigenvalue weighted by molar-refractivity contribution is -0.118. The van der Waals surface area contributed by atoms with Gasteiger partial charge in [-0.1, -0.05) is 60.7 Å². The SMILES string of the molecule is COc1ccc(-c2ccc(CN(C(=O)Cc3ccccc3)c3nccc4cc(C(=O)O)ccc34)cc2)cc1C. The molecule has 0 fully saturated rings. The van der Waals surface area contributed by atoms with E-state index in [1.165, 1.54) is 0 Å². The number of pyridine rings is 1. The molecule has 0 aliphatic carbocycles. The van der Waals surface area contributed by atoms with Crippen molar-refractivity contribution in [3.05, 3.63) is 126 Å². The van der Waals surface area contributed by atoms with Crippen LogP contribution in [0.3, 0.4) is 0 Å². The highest BCUT2D eigenvalue weighted by Gasteiger charge is 2.21. The van der Waals surface area contributed by atoms with E-state index in [0.29, 0.717) is 23.1 Å². The van der Waals surface area contributed by atoms with Crippen LogP contribution in [0.1, 0.15) is 27.0 Å². The van der Waals surface area contributed by atoms with Crippen LogP contribution in [-0.4, -0.2) is 29.1 Å². The van der Waals surface area contributed by atoms with Gasteiger partial charge < -0.3 is 9.84 Å². The zero-order chi connectivity index (χ0) is 27.4. The van der Waals surface area contributed by atoms with Crippen LogP contribution < -0.4 is 9.64 Å². The predicted octanol–water partition coefficient (Wildman–Crippen LogP) is 6.69. The van der Waals surface area contributed by atoms with Crippen LogP contribution in [0.15, 0.2) is 103 Å². The Morgan fingerprint density at radius 3 is 2.28 bits per heavy atom. The molecular formula is C33H28N2O4. The van der Waals surface area contributed by atoms with Gasteiger partial charge in [0.25, 0.3) is 0 Å². The van der Waals surface area contributed by atoms with Crippen molar-refractivity contribution in [2.75, 3.05) is 12.0 Å². The van der Waals surface area contributed by atoms with Gasteiger partial charge in [0.2, 0.25) is 5.91 Å². The summed E-state index contributed by atoms with van der Waals surface area (Å²) in [6, 6.07) is 30.5. The standard InChI is InChI=1S/C33H28N2O4/c1-22-18-26(13-15-30(22)39-2)25-10-8-24(9-11-25)21-35(31(36)19-23-6-4-3-5-7-23)32-29-14-12-28(33(37)38)20-27(29)16-17-34-32/h3-18,20H,19,21H2,1-2H3,(H,37,38). The molecule has 0 saturated carbocycles. The Kier molecular flexibility index (Phi) is 7.37. The molecule has 5 aromatic rings. The molecule has 194 valence electrons. The molecule has 0 atom stereocenters. The lowest BCUT2D eigenvalue weighted by Gasteiger charge is -2.24. The van der Waals surface area contributed by atoms with Gasteiger partial charge in [0.05, 0.1) is 25.6 Å². The molecule has 6 heteroatoms. The lowest BCUT2D eigenvalue weighted by Crippen LogP contribution is -2.32. The molecule has 0 unspecified atom stereocenters. The molecule has 4 aromatic carbocycles. The number of ether oxygens (including phenoxy) is 1. The molecule has 0 radical (unpaired) electrons. The first-order valence-corrected chi connectivity index (χ1v) is 12.6. The summed E-state index contributed by atoms with van der Waals surface area (Å²) in [6.07, 6.45) is 1.83. The summed E-state index contributed by atoms with van der Waals surface area (Å²) >= 11 is 0. The van der Waals surface area contributed by atoms with Crippen LogP contribution in [0.25, 0.3) is 21.9 Å². The number of aryl methyl sites for hydroxylation is 1. The molecule has 1 amide bonds. The third kappa shape index (κ3) is 5.65. The molecule has 5 rings (SSSR count). The molecule has 0 aliphatic heterocycles. The van der Waals surface area contributed by atoms with Crippen LogP contribution in [-0.2, 0) is 17.8 Å². The van der Waals surface area contributed by atoms with Gasteiger partial charge in [-0.25, -0.2) is 9.78 Å². The second kappa shape index (κ2) is 11.2. The van der Waals surface area contributed by atoms with Crippen molar-refractivity contribution in [1.82, 2.24) is 4.98 Å². The summed E-state index contributed by atoms with van der Waals surface area (Å²) < 4.78 is 5.38. The Morgan fingerprint density at radius 1 is 0.846 bits per heavy atom. The first-order valence-electron chi connectivity index (χ1n) is 12.6. The number of rotatable bonds is 8. The minimum Gasteiger partial charge on any atom is -0.496 e. The Labute approximate surface area is 227 Å². The smallest absolute Gasteiger partial charge is 0.335 e. The van der Waals surface area contributed by atoms with Crippen LogP contribution in [0.4, 0.5) is 5.82 Å². The van der Waals surface area contributed by atoms with E-state index < -0.39 is 5.97 Å². The van der Waals surface area contributed by atoms with Gasteiger partial charge in [-0.05, 0) is 76.5 Å². The molecule has 1 N–H and O–H groups in total. The van der Waals surface area contributed by atoms with Crippen LogP contribution in [0.2, 0.25) is 0 Å². The fraction of sp³-hybridized carbons (Fsp3) is 0.121. The number of hydrogen-bond donors (Lipinski definition) is 1. The Morgan fingerprint density at radius 2 is 1.59 bits per heavy atom. The maximum atomic E-state index is 13.7. The number of methoxy groups -OCH3 is 1. The van der Waals surface area contributed by atoms with E-state index in [1.54, 1.807) is 42.5 Å². The third-order valence-corrected chi connectivity index (χ3v) is 6.77. The summed E-state index contributed by atoms with van der Waals surface area (Å²) in [5.74, 6) is 0.249. The fourth-order valence-electron chi connectivity index (χ4n) is 4.70. The third-order valence-electron chi connectivity index (χ3n) is 6.77. The molecule has 0 aliphatic rings. The molecule has 1 aromatic heterocycles. The summed E-state index contributed by atoms with van der Waals surface area (Å²) in [6.45, 7) is 2.34. The minimum atomic E-state index is -1.00. The van der Waals surface area contributed by atoms with Crippen LogP contribution in [0, 0.1) is 6.92 Å². The van der Waals surface area contributed by atoms with Crippen molar-refractivity contribution in [1.29, 1.82) is 0 Å². The van der Waals surface area contributed by atoms with Crippen molar-refractivity contribution >= 4 is 28.5 Å². The number of carbonyl (C=O) groups is 2. The number of nitrogens with zero attached hydrogens (tertiary/aromatic N) is 2. The number of benzene rings is 4. The van der Waals surface area contributed by atoms with E-state index in [2.05, 4.69) is 11.1 Å². The number of carboxylic acid groups (broad SMARTS) is 1. The first kappa shape index (κ1) is 25.7. The van der Waals surface area contributed by atoms with Gasteiger partial charge in [0.1, 0.15) is 11.6 Å². The minimum absolute atomic E-state index is 0.0987. The average Bonchev–Trinajstić information content (AvgIpc) is 2.96. The van der Waals surface area contributed by atoms with Crippen LogP contribution in [0.5, 0.6) is 5.75 Å². The normalized spacial score (nSPS) is 10.8. The highest BCUT2D eigenvalue weighted by Crippen LogP contribution is 2.29. The second-order valence-corrected chi connectivity index (χ2v) is 9.40. The van der Waals surface area contributed by atoms with Crippen molar-refractivity contribution in [2.45, 2.75) is 19.9 Å². The topological polar surface area (TPSA) is 79.7 Å². The molecule has 1 heterocycles. The van der Waals surface area contributed by atoms with E-state index in [4.69, 9.17) is 4.74 Å². The number of aromatic carboxylic acids is 1. The highest BCUT2D eigenvalue weighted by molar-refractivity contribution is 6.04. The van der Waals surface area contributed by atoms with Gasteiger partial charge in [-0.3, -0.25) is 9.69 Å². The summed E-state index contributed by atoms with van der Waals surface area (Å²) in [5, 5.41) is 10.9. The van der Waals surface area contributed by atoms with Gasteiger partial charge in [-0.2, -0.15) is 0 Å². The molecular weight excluding hydrogens is 488 g/mol. The molecule has 39 heavy (non-hydrogen) atoms. The molecule has 0 spiro atoms. The maximum absolute atomic E-state index is 13.7. The van der Waals surface area contributed by atoms with E-state index in [1.807, 2.05) is 73.7 Å². The van der Waals surface area contributed by atoms with Gasteiger partial charge in [0, 0.05) is 11.6 Å². The first-order chi connectivity index (χ1) is 18.9. The number of aromatic nitrogens is 1. The number of amides is 1. The molecule has 6 nitrogen and oxygen atoms in total. The van der Waals surface area contributed by atoms with Gasteiger partial charge >= 0.3 is 5.97 Å². The number of carboxylic acids is 1. The largest absolute Gasteiger partial charge is 0.496 e. The highest BCUT2D eigenvalue weighted by atomic mass is 16.5. The Balaban J connectivity index is 1.49. The number of fused-ring (bicyclic) bond motifs is 1. The quantitative estimate of drug-likeness (QED) is 0.248. The van der Waals surface area contributed by atoms with Gasteiger partial charge in [-0.15, -0.1) is 0 Å².